The van der Waals surface area contributed by atoms with Crippen molar-refractivity contribution >= 4 is 11.9 Å². The first-order valence-corrected chi connectivity index (χ1v) is 11.3. The van der Waals surface area contributed by atoms with Gasteiger partial charge in [-0.2, -0.15) is 0 Å². The van der Waals surface area contributed by atoms with E-state index in [1.54, 1.807) is 38.5 Å². The van der Waals surface area contributed by atoms with E-state index in [0.717, 1.165) is 37.7 Å². The van der Waals surface area contributed by atoms with Gasteiger partial charge in [-0.3, -0.25) is 9.59 Å². The number of carbonyl (C=O) groups excluding carboxylic acids is 2. The summed E-state index contributed by atoms with van der Waals surface area (Å²) in [6, 6.07) is 14.7. The second-order valence-electron chi connectivity index (χ2n) is 9.02. The van der Waals surface area contributed by atoms with Crippen LogP contribution >= 0.6 is 0 Å². The fraction of sp³-hybridized carbons (Fsp3) is 0.462. The lowest BCUT2D eigenvalue weighted by molar-refractivity contribution is -0.196. The standard InChI is InChI=1S/C26H28O6/c1-29-16-10-12-17(13-11-16)31-25(28)22-20(18-8-4-5-9-19(18)30-2)21-23(32-24(21)27)26(22)14-6-3-7-15-26/h4-5,8-13,20-23H,3,6-7,14-15H2,1-2H3/t20-,21-,22+,23-/m0/s1. The summed E-state index contributed by atoms with van der Waals surface area (Å²) in [6.45, 7) is 0. The number of para-hydroxylation sites is 1. The molecule has 2 saturated carbocycles. The van der Waals surface area contributed by atoms with Crippen LogP contribution in [0, 0.1) is 17.3 Å². The molecule has 5 rings (SSSR count). The maximum Gasteiger partial charge on any atom is 0.315 e. The van der Waals surface area contributed by atoms with Crippen LogP contribution in [0.1, 0.15) is 43.6 Å². The summed E-state index contributed by atoms with van der Waals surface area (Å²) in [4.78, 5) is 26.5. The van der Waals surface area contributed by atoms with E-state index in [1.807, 2.05) is 24.3 Å². The van der Waals surface area contributed by atoms with Crippen molar-refractivity contribution in [3.8, 4) is 17.2 Å². The number of benzene rings is 2. The predicted molar refractivity (Wildman–Crippen MR) is 117 cm³/mol. The highest BCUT2D eigenvalue weighted by Gasteiger charge is 2.72. The smallest absolute Gasteiger partial charge is 0.315 e. The Morgan fingerprint density at radius 2 is 1.59 bits per heavy atom. The SMILES string of the molecule is COc1ccc(OC(=O)[C@H]2[C@@H](c3ccccc3OC)[C@@H]3C(=O)O[C@@H]3C23CCCCC3)cc1. The minimum atomic E-state index is -0.484. The van der Waals surface area contributed by atoms with E-state index in [1.165, 1.54) is 0 Å². The van der Waals surface area contributed by atoms with Crippen LogP contribution in [0.3, 0.4) is 0 Å². The van der Waals surface area contributed by atoms with Gasteiger partial charge in [0.2, 0.25) is 0 Å². The fourth-order valence-corrected chi connectivity index (χ4v) is 6.21. The number of esters is 2. The van der Waals surface area contributed by atoms with Crippen LogP contribution in [0.2, 0.25) is 0 Å². The van der Waals surface area contributed by atoms with Gasteiger partial charge in [0.1, 0.15) is 29.3 Å². The van der Waals surface area contributed by atoms with E-state index in [9.17, 15) is 9.59 Å². The number of ether oxygens (including phenoxy) is 4. The van der Waals surface area contributed by atoms with Crippen LogP contribution in [-0.2, 0) is 14.3 Å². The second kappa shape index (κ2) is 8.15. The molecule has 1 spiro atoms. The van der Waals surface area contributed by atoms with Gasteiger partial charge in [0.05, 0.1) is 20.1 Å². The van der Waals surface area contributed by atoms with Crippen molar-refractivity contribution in [1.82, 2.24) is 0 Å². The summed E-state index contributed by atoms with van der Waals surface area (Å²) in [7, 11) is 3.21. The van der Waals surface area contributed by atoms with Crippen molar-refractivity contribution < 1.29 is 28.5 Å². The quantitative estimate of drug-likeness (QED) is 0.507. The largest absolute Gasteiger partial charge is 0.497 e. The van der Waals surface area contributed by atoms with Gasteiger partial charge < -0.3 is 18.9 Å². The zero-order valence-electron chi connectivity index (χ0n) is 18.4. The van der Waals surface area contributed by atoms with Crippen LogP contribution in [0.15, 0.2) is 48.5 Å². The Hall–Kier alpha value is -3.02. The molecule has 3 aliphatic rings. The van der Waals surface area contributed by atoms with Gasteiger partial charge in [-0.05, 0) is 48.7 Å². The Morgan fingerprint density at radius 1 is 0.906 bits per heavy atom. The third-order valence-electron chi connectivity index (χ3n) is 7.59. The van der Waals surface area contributed by atoms with Gasteiger partial charge in [-0.15, -0.1) is 0 Å². The molecular formula is C26H28O6. The minimum absolute atomic E-state index is 0.226. The second-order valence-corrected chi connectivity index (χ2v) is 9.02. The average Bonchev–Trinajstić information content (AvgIpc) is 3.04. The highest BCUT2D eigenvalue weighted by molar-refractivity contribution is 5.87. The highest BCUT2D eigenvalue weighted by Crippen LogP contribution is 2.66. The molecule has 3 fully saturated rings. The fourth-order valence-electron chi connectivity index (χ4n) is 6.21. The first-order valence-electron chi connectivity index (χ1n) is 11.3. The summed E-state index contributed by atoms with van der Waals surface area (Å²) in [5, 5.41) is 0. The molecule has 2 aromatic carbocycles. The maximum atomic E-state index is 13.8. The Labute approximate surface area is 187 Å². The molecule has 0 unspecified atom stereocenters. The number of rotatable bonds is 5. The Morgan fingerprint density at radius 3 is 2.25 bits per heavy atom. The van der Waals surface area contributed by atoms with Gasteiger partial charge >= 0.3 is 11.9 Å². The van der Waals surface area contributed by atoms with Crippen molar-refractivity contribution in [2.24, 2.45) is 17.3 Å². The summed E-state index contributed by atoms with van der Waals surface area (Å²) in [5.74, 6) is 0.146. The number of carbonyl (C=O) groups is 2. The van der Waals surface area contributed by atoms with E-state index in [4.69, 9.17) is 18.9 Å². The number of fused-ring (bicyclic) bond motifs is 2. The van der Waals surface area contributed by atoms with Crippen LogP contribution in [0.25, 0.3) is 0 Å². The Bertz CT molecular complexity index is 1010. The first kappa shape index (κ1) is 20.9. The third kappa shape index (κ3) is 3.15. The molecule has 1 heterocycles. The zero-order valence-corrected chi connectivity index (χ0v) is 18.4. The monoisotopic (exact) mass is 436 g/mol. The lowest BCUT2D eigenvalue weighted by Gasteiger charge is -2.45. The van der Waals surface area contributed by atoms with Crippen molar-refractivity contribution in [3.05, 3.63) is 54.1 Å². The molecule has 2 aromatic rings. The normalized spacial score (nSPS) is 27.8. The van der Waals surface area contributed by atoms with E-state index < -0.39 is 11.3 Å². The molecule has 0 radical (unpaired) electrons. The number of hydrogen-bond acceptors (Lipinski definition) is 6. The van der Waals surface area contributed by atoms with Gasteiger partial charge in [0.25, 0.3) is 0 Å². The summed E-state index contributed by atoms with van der Waals surface area (Å²) >= 11 is 0. The molecule has 1 aliphatic heterocycles. The van der Waals surface area contributed by atoms with E-state index in [-0.39, 0.29) is 29.9 Å². The van der Waals surface area contributed by atoms with E-state index in [2.05, 4.69) is 0 Å². The van der Waals surface area contributed by atoms with E-state index in [0.29, 0.717) is 17.2 Å². The first-order chi connectivity index (χ1) is 15.6. The molecule has 6 nitrogen and oxygen atoms in total. The molecular weight excluding hydrogens is 408 g/mol. The van der Waals surface area contributed by atoms with Crippen molar-refractivity contribution in [3.63, 3.8) is 0 Å². The van der Waals surface area contributed by atoms with Crippen molar-refractivity contribution in [2.45, 2.75) is 44.1 Å². The molecule has 1 saturated heterocycles. The van der Waals surface area contributed by atoms with Gasteiger partial charge in [0.15, 0.2) is 0 Å². The molecule has 32 heavy (non-hydrogen) atoms. The maximum absolute atomic E-state index is 13.8. The molecule has 4 atom stereocenters. The molecule has 2 aliphatic carbocycles. The molecule has 0 bridgehead atoms. The predicted octanol–water partition coefficient (Wildman–Crippen LogP) is 4.51. The summed E-state index contributed by atoms with van der Waals surface area (Å²) in [6.07, 6.45) is 4.63. The number of hydrogen-bond donors (Lipinski definition) is 0. The van der Waals surface area contributed by atoms with Crippen LogP contribution in [-0.4, -0.2) is 32.3 Å². The van der Waals surface area contributed by atoms with Gasteiger partial charge in [-0.25, -0.2) is 0 Å². The topological polar surface area (TPSA) is 71.1 Å². The zero-order chi connectivity index (χ0) is 22.3. The van der Waals surface area contributed by atoms with E-state index >= 15 is 0 Å². The summed E-state index contributed by atoms with van der Waals surface area (Å²) in [5.41, 5.74) is 0.479. The molecule has 6 heteroatoms. The molecule has 0 amide bonds. The lowest BCUT2D eigenvalue weighted by Crippen LogP contribution is -2.52. The van der Waals surface area contributed by atoms with Gasteiger partial charge in [0, 0.05) is 11.3 Å². The van der Waals surface area contributed by atoms with Gasteiger partial charge in [-0.1, -0.05) is 37.5 Å². The Balaban J connectivity index is 1.57. The highest BCUT2D eigenvalue weighted by atomic mass is 16.6. The van der Waals surface area contributed by atoms with Crippen molar-refractivity contribution in [2.75, 3.05) is 14.2 Å². The molecule has 0 aromatic heterocycles. The molecule has 0 N–H and O–H groups in total. The van der Waals surface area contributed by atoms with Crippen LogP contribution in [0.4, 0.5) is 0 Å². The third-order valence-corrected chi connectivity index (χ3v) is 7.59. The average molecular weight is 437 g/mol. The molecule has 168 valence electrons. The van der Waals surface area contributed by atoms with Crippen LogP contribution in [0.5, 0.6) is 17.2 Å². The van der Waals surface area contributed by atoms with Crippen LogP contribution < -0.4 is 14.2 Å². The summed E-state index contributed by atoms with van der Waals surface area (Å²) < 4.78 is 22.5. The lowest BCUT2D eigenvalue weighted by atomic mass is 9.64. The minimum Gasteiger partial charge on any atom is -0.497 e. The Kier molecular flexibility index (Phi) is 5.31. The number of methoxy groups -OCH3 is 2. The van der Waals surface area contributed by atoms with Crippen molar-refractivity contribution in [1.29, 1.82) is 0 Å².